The van der Waals surface area contributed by atoms with E-state index in [1.54, 1.807) is 0 Å². The molecule has 0 amide bonds. The first-order chi connectivity index (χ1) is 6.91. The highest BCUT2D eigenvalue weighted by atomic mass is 35.5. The Bertz CT molecular complexity index is 463. The Morgan fingerprint density at radius 3 is 2.38 bits per heavy atom. The Kier molecular flexibility index (Phi) is 5.34. The molecule has 7 heteroatoms. The zero-order valence-electron chi connectivity index (χ0n) is 8.97. The fraction of sp³-hybridized carbons (Fsp3) is 0.333. The molecule has 0 aliphatic carbocycles. The number of nitrogens with two attached hydrogens (primary N) is 1. The van der Waals surface area contributed by atoms with Gasteiger partial charge in [-0.05, 0) is 11.6 Å². The number of nitrogens with zero attached hydrogens (tertiary/aromatic N) is 1. The van der Waals surface area contributed by atoms with Crippen molar-refractivity contribution < 1.29 is 12.8 Å². The number of hydrogen-bond acceptors (Lipinski definition) is 3. The fourth-order valence-electron chi connectivity index (χ4n) is 1.19. The highest BCUT2D eigenvalue weighted by molar-refractivity contribution is 7.89. The number of sulfonamides is 1. The molecule has 0 aromatic heterocycles. The van der Waals surface area contributed by atoms with Crippen molar-refractivity contribution in [2.75, 3.05) is 14.1 Å². The smallest absolute Gasteiger partial charge is 0.245 e. The summed E-state index contributed by atoms with van der Waals surface area (Å²) in [4.78, 5) is -0.336. The first-order valence-electron chi connectivity index (χ1n) is 4.31. The van der Waals surface area contributed by atoms with Crippen LogP contribution in [-0.4, -0.2) is 26.8 Å². The summed E-state index contributed by atoms with van der Waals surface area (Å²) < 4.78 is 37.9. The molecule has 0 heterocycles. The third kappa shape index (κ3) is 2.70. The van der Waals surface area contributed by atoms with Crippen molar-refractivity contribution in [2.24, 2.45) is 5.73 Å². The molecule has 2 N–H and O–H groups in total. The standard InChI is InChI=1S/C9H13FN2O2S.ClH/c1-12(2)15(13,14)9-7(6-11)4-3-5-8(9)10;/h3-5H,6,11H2,1-2H3;1H. The monoisotopic (exact) mass is 268 g/mol. The minimum atomic E-state index is -3.77. The molecule has 0 unspecified atom stereocenters. The molecule has 1 rings (SSSR count). The lowest BCUT2D eigenvalue weighted by Gasteiger charge is -2.14. The van der Waals surface area contributed by atoms with Gasteiger partial charge in [0, 0.05) is 20.6 Å². The fourth-order valence-corrected chi connectivity index (χ4v) is 2.35. The van der Waals surface area contributed by atoms with Crippen LogP contribution in [0.25, 0.3) is 0 Å². The molecule has 0 atom stereocenters. The number of halogens is 2. The van der Waals surface area contributed by atoms with Gasteiger partial charge in [0.05, 0.1) is 0 Å². The predicted octanol–water partition coefficient (Wildman–Crippen LogP) is 0.957. The van der Waals surface area contributed by atoms with E-state index in [0.717, 1.165) is 10.4 Å². The van der Waals surface area contributed by atoms with Crippen molar-refractivity contribution in [1.82, 2.24) is 4.31 Å². The Morgan fingerprint density at radius 2 is 1.94 bits per heavy atom. The van der Waals surface area contributed by atoms with Gasteiger partial charge in [0.2, 0.25) is 10.0 Å². The Balaban J connectivity index is 0.00000225. The van der Waals surface area contributed by atoms with Crippen molar-refractivity contribution in [3.05, 3.63) is 29.6 Å². The first kappa shape index (κ1) is 15.3. The van der Waals surface area contributed by atoms with E-state index >= 15 is 0 Å². The minimum Gasteiger partial charge on any atom is -0.326 e. The summed E-state index contributed by atoms with van der Waals surface area (Å²) in [6, 6.07) is 4.04. The van der Waals surface area contributed by atoms with E-state index in [-0.39, 0.29) is 29.4 Å². The Morgan fingerprint density at radius 1 is 1.38 bits per heavy atom. The largest absolute Gasteiger partial charge is 0.326 e. The molecule has 1 aromatic carbocycles. The molecule has 16 heavy (non-hydrogen) atoms. The van der Waals surface area contributed by atoms with Crippen LogP contribution in [-0.2, 0) is 16.6 Å². The molecule has 0 aliphatic rings. The van der Waals surface area contributed by atoms with Crippen LogP contribution in [0, 0.1) is 5.82 Å². The van der Waals surface area contributed by atoms with Crippen LogP contribution in [0.15, 0.2) is 23.1 Å². The van der Waals surface area contributed by atoms with E-state index in [1.165, 1.54) is 26.2 Å². The molecule has 0 saturated heterocycles. The van der Waals surface area contributed by atoms with Gasteiger partial charge in [-0.25, -0.2) is 17.1 Å². The lowest BCUT2D eigenvalue weighted by molar-refractivity contribution is 0.505. The van der Waals surface area contributed by atoms with E-state index in [0.29, 0.717) is 0 Å². The number of benzene rings is 1. The van der Waals surface area contributed by atoms with Gasteiger partial charge < -0.3 is 5.73 Å². The first-order valence-corrected chi connectivity index (χ1v) is 5.75. The van der Waals surface area contributed by atoms with Crippen LogP contribution in [0.5, 0.6) is 0 Å². The molecule has 92 valence electrons. The average Bonchev–Trinajstić information content (AvgIpc) is 2.16. The van der Waals surface area contributed by atoms with Crippen molar-refractivity contribution in [3.63, 3.8) is 0 Å². The second kappa shape index (κ2) is 5.58. The SMILES string of the molecule is CN(C)S(=O)(=O)c1c(F)cccc1CN.Cl. The van der Waals surface area contributed by atoms with Crippen LogP contribution in [0.2, 0.25) is 0 Å². The molecular weight excluding hydrogens is 255 g/mol. The zero-order valence-corrected chi connectivity index (χ0v) is 10.6. The van der Waals surface area contributed by atoms with Gasteiger partial charge in [-0.2, -0.15) is 0 Å². The van der Waals surface area contributed by atoms with Crippen LogP contribution in [0.1, 0.15) is 5.56 Å². The minimum absolute atomic E-state index is 0. The van der Waals surface area contributed by atoms with Crippen LogP contribution in [0.4, 0.5) is 4.39 Å². The lowest BCUT2D eigenvalue weighted by Crippen LogP contribution is -2.25. The van der Waals surface area contributed by atoms with Crippen LogP contribution < -0.4 is 5.73 Å². The highest BCUT2D eigenvalue weighted by Gasteiger charge is 2.24. The third-order valence-corrected chi connectivity index (χ3v) is 3.94. The van der Waals surface area contributed by atoms with E-state index in [9.17, 15) is 12.8 Å². The van der Waals surface area contributed by atoms with Gasteiger partial charge in [-0.1, -0.05) is 12.1 Å². The van der Waals surface area contributed by atoms with Crippen molar-refractivity contribution in [3.8, 4) is 0 Å². The quantitative estimate of drug-likeness (QED) is 0.888. The Labute approximate surface area is 101 Å². The molecule has 0 aliphatic heterocycles. The maximum absolute atomic E-state index is 13.4. The zero-order chi connectivity index (χ0) is 11.6. The van der Waals surface area contributed by atoms with E-state index in [2.05, 4.69) is 0 Å². The highest BCUT2D eigenvalue weighted by Crippen LogP contribution is 2.21. The third-order valence-electron chi connectivity index (χ3n) is 2.01. The molecule has 0 bridgehead atoms. The van der Waals surface area contributed by atoms with Crippen molar-refractivity contribution in [1.29, 1.82) is 0 Å². The van der Waals surface area contributed by atoms with E-state index in [4.69, 9.17) is 5.73 Å². The van der Waals surface area contributed by atoms with Gasteiger partial charge in [-0.3, -0.25) is 0 Å². The summed E-state index contributed by atoms with van der Waals surface area (Å²) in [6.07, 6.45) is 0. The summed E-state index contributed by atoms with van der Waals surface area (Å²) in [5.41, 5.74) is 5.65. The maximum Gasteiger partial charge on any atom is 0.245 e. The lowest BCUT2D eigenvalue weighted by atomic mass is 10.2. The average molecular weight is 269 g/mol. The molecule has 0 fully saturated rings. The molecule has 0 spiro atoms. The molecule has 4 nitrogen and oxygen atoms in total. The van der Waals surface area contributed by atoms with Gasteiger partial charge in [0.25, 0.3) is 0 Å². The maximum atomic E-state index is 13.4. The van der Waals surface area contributed by atoms with E-state index < -0.39 is 15.8 Å². The van der Waals surface area contributed by atoms with Crippen molar-refractivity contribution >= 4 is 22.4 Å². The summed E-state index contributed by atoms with van der Waals surface area (Å²) in [5.74, 6) is -0.772. The molecule has 1 aromatic rings. The number of rotatable bonds is 3. The Hall–Kier alpha value is -0.690. The summed E-state index contributed by atoms with van der Waals surface area (Å²) in [7, 11) is -1.07. The van der Waals surface area contributed by atoms with E-state index in [1.807, 2.05) is 0 Å². The normalized spacial score (nSPS) is 11.3. The topological polar surface area (TPSA) is 63.4 Å². The molecule has 0 saturated carbocycles. The number of hydrogen-bond donors (Lipinski definition) is 1. The van der Waals surface area contributed by atoms with Gasteiger partial charge in [-0.15, -0.1) is 12.4 Å². The van der Waals surface area contributed by atoms with Gasteiger partial charge in [0.15, 0.2) is 0 Å². The summed E-state index contributed by atoms with van der Waals surface area (Å²) in [5, 5.41) is 0. The van der Waals surface area contributed by atoms with Gasteiger partial charge >= 0.3 is 0 Å². The van der Waals surface area contributed by atoms with Crippen LogP contribution in [0.3, 0.4) is 0 Å². The van der Waals surface area contributed by atoms with Gasteiger partial charge in [0.1, 0.15) is 10.7 Å². The molecule has 0 radical (unpaired) electrons. The van der Waals surface area contributed by atoms with Crippen LogP contribution >= 0.6 is 12.4 Å². The summed E-state index contributed by atoms with van der Waals surface area (Å²) >= 11 is 0. The summed E-state index contributed by atoms with van der Waals surface area (Å²) in [6.45, 7) is -0.0137. The second-order valence-electron chi connectivity index (χ2n) is 3.22. The second-order valence-corrected chi connectivity index (χ2v) is 5.31. The molecular formula is C9H14ClFN2O2S. The predicted molar refractivity (Wildman–Crippen MR) is 62.4 cm³/mol. The van der Waals surface area contributed by atoms with Crippen molar-refractivity contribution in [2.45, 2.75) is 11.4 Å².